The lowest BCUT2D eigenvalue weighted by Crippen LogP contribution is -2.34. The molecular formula is C14H22N6O4. The molecule has 3 N–H and O–H groups in total. The summed E-state index contributed by atoms with van der Waals surface area (Å²) in [4.78, 5) is 22.2. The first kappa shape index (κ1) is 19.7. The molecular weight excluding hydrogens is 316 g/mol. The second kappa shape index (κ2) is 10.4. The number of anilines is 2. The van der Waals surface area contributed by atoms with E-state index < -0.39 is 0 Å². The Bertz CT molecular complexity index is 571. The van der Waals surface area contributed by atoms with Gasteiger partial charge < -0.3 is 25.1 Å². The Morgan fingerprint density at radius 3 is 2.00 bits per heavy atom. The third kappa shape index (κ3) is 5.09. The van der Waals surface area contributed by atoms with Gasteiger partial charge in [-0.15, -0.1) is 0 Å². The summed E-state index contributed by atoms with van der Waals surface area (Å²) in [5.74, 6) is 0.667. The average Bonchev–Trinajstić information content (AvgIpc) is 2.58. The third-order valence-corrected chi connectivity index (χ3v) is 3.30. The zero-order valence-corrected chi connectivity index (χ0v) is 13.6. The van der Waals surface area contributed by atoms with E-state index in [0.29, 0.717) is 11.5 Å². The molecule has 0 atom stereocenters. The molecule has 0 amide bonds. The van der Waals surface area contributed by atoms with Crippen LogP contribution in [0.25, 0.3) is 0 Å². The molecule has 24 heavy (non-hydrogen) atoms. The molecule has 0 spiro atoms. The lowest BCUT2D eigenvalue weighted by molar-refractivity contribution is 0.280. The summed E-state index contributed by atoms with van der Waals surface area (Å²) >= 11 is 0. The van der Waals surface area contributed by atoms with Crippen LogP contribution in [-0.4, -0.2) is 77.8 Å². The molecule has 0 aliphatic heterocycles. The molecule has 132 valence electrons. The molecule has 0 unspecified atom stereocenters. The number of aryl methyl sites for hydroxylation is 1. The number of aliphatic hydroxyl groups excluding tert-OH is 3. The molecule has 0 radical (unpaired) electrons. The zero-order chi connectivity index (χ0) is 17.9. The van der Waals surface area contributed by atoms with Gasteiger partial charge in [0.05, 0.1) is 32.1 Å². The minimum absolute atomic E-state index is 0.0198. The van der Waals surface area contributed by atoms with E-state index in [2.05, 4.69) is 15.1 Å². The highest BCUT2D eigenvalue weighted by Gasteiger charge is 2.20. The molecule has 0 fully saturated rings. The van der Waals surface area contributed by atoms with Crippen molar-refractivity contribution in [3.05, 3.63) is 16.3 Å². The third-order valence-electron chi connectivity index (χ3n) is 3.30. The van der Waals surface area contributed by atoms with E-state index in [4.69, 9.17) is 10.2 Å². The van der Waals surface area contributed by atoms with Gasteiger partial charge in [0.1, 0.15) is 6.07 Å². The minimum Gasteiger partial charge on any atom is -0.395 e. The number of nitriles is 1. The van der Waals surface area contributed by atoms with Crippen LogP contribution in [0, 0.1) is 23.2 Å². The number of nitroso groups, excluding NO2 is 1. The van der Waals surface area contributed by atoms with Gasteiger partial charge in [0.15, 0.2) is 17.3 Å². The van der Waals surface area contributed by atoms with Crippen LogP contribution in [0.5, 0.6) is 0 Å². The maximum atomic E-state index is 10.4. The monoisotopic (exact) mass is 338 g/mol. The van der Waals surface area contributed by atoms with Crippen molar-refractivity contribution in [3.8, 4) is 6.07 Å². The van der Waals surface area contributed by atoms with E-state index in [9.17, 15) is 15.3 Å². The fraction of sp³-hybridized carbons (Fsp3) is 0.643. The van der Waals surface area contributed by atoms with Gasteiger partial charge in [-0.05, 0) is 6.92 Å². The first-order valence-electron chi connectivity index (χ1n) is 7.53. The molecule has 1 aromatic rings. The van der Waals surface area contributed by atoms with Gasteiger partial charge in [0.25, 0.3) is 0 Å². The van der Waals surface area contributed by atoms with Crippen molar-refractivity contribution in [2.45, 2.75) is 6.92 Å². The SMILES string of the molecule is Cc1nc(N(CCO)CCO)c(C#N)nc1N(CCO)CCN=O. The van der Waals surface area contributed by atoms with Gasteiger partial charge >= 0.3 is 0 Å². The summed E-state index contributed by atoms with van der Waals surface area (Å²) in [7, 11) is 0. The Morgan fingerprint density at radius 1 is 1.00 bits per heavy atom. The second-order valence-electron chi connectivity index (χ2n) is 4.91. The van der Waals surface area contributed by atoms with Crippen LogP contribution in [0.3, 0.4) is 0 Å². The van der Waals surface area contributed by atoms with Crippen LogP contribution >= 0.6 is 0 Å². The van der Waals surface area contributed by atoms with Gasteiger partial charge in [-0.1, -0.05) is 5.18 Å². The quantitative estimate of drug-likeness (QED) is 0.433. The Labute approximate surface area is 140 Å². The molecule has 0 aromatic carbocycles. The second-order valence-corrected chi connectivity index (χ2v) is 4.91. The predicted octanol–water partition coefficient (Wildman–Crippen LogP) is -0.987. The first-order chi connectivity index (χ1) is 11.6. The normalized spacial score (nSPS) is 10.3. The van der Waals surface area contributed by atoms with Gasteiger partial charge in [0, 0.05) is 26.2 Å². The highest BCUT2D eigenvalue weighted by molar-refractivity contribution is 5.57. The van der Waals surface area contributed by atoms with E-state index in [0.717, 1.165) is 0 Å². The Kier molecular flexibility index (Phi) is 8.56. The number of aromatic nitrogens is 2. The van der Waals surface area contributed by atoms with Gasteiger partial charge in [-0.25, -0.2) is 9.97 Å². The van der Waals surface area contributed by atoms with Gasteiger partial charge in [-0.2, -0.15) is 10.2 Å². The van der Waals surface area contributed by atoms with Crippen LogP contribution in [0.15, 0.2) is 5.18 Å². The number of rotatable bonds is 11. The maximum absolute atomic E-state index is 10.4. The van der Waals surface area contributed by atoms with Gasteiger partial charge in [0.2, 0.25) is 0 Å². The summed E-state index contributed by atoms with van der Waals surface area (Å²) in [6.45, 7) is 2.14. The molecule has 0 saturated carbocycles. The summed E-state index contributed by atoms with van der Waals surface area (Å²) in [5, 5.41) is 39.6. The summed E-state index contributed by atoms with van der Waals surface area (Å²) in [5.41, 5.74) is 0.545. The molecule has 0 saturated heterocycles. The molecule has 10 heteroatoms. The van der Waals surface area contributed by atoms with E-state index in [-0.39, 0.29) is 64.1 Å². The number of nitrogens with zero attached hydrogens (tertiary/aromatic N) is 6. The van der Waals surface area contributed by atoms with Crippen LogP contribution in [0.1, 0.15) is 11.4 Å². The Hall–Kier alpha value is -2.35. The van der Waals surface area contributed by atoms with Crippen molar-refractivity contribution < 1.29 is 15.3 Å². The topological polar surface area (TPSA) is 146 Å². The highest BCUT2D eigenvalue weighted by Crippen LogP contribution is 2.23. The van der Waals surface area contributed by atoms with Crippen molar-refractivity contribution in [3.63, 3.8) is 0 Å². The Morgan fingerprint density at radius 2 is 1.54 bits per heavy atom. The number of hydrogen-bond donors (Lipinski definition) is 3. The number of aliphatic hydroxyl groups is 3. The minimum atomic E-state index is -0.158. The van der Waals surface area contributed by atoms with Crippen molar-refractivity contribution in [1.29, 1.82) is 5.26 Å². The van der Waals surface area contributed by atoms with E-state index >= 15 is 0 Å². The molecule has 0 bridgehead atoms. The fourth-order valence-corrected chi connectivity index (χ4v) is 2.26. The summed E-state index contributed by atoms with van der Waals surface area (Å²) in [6.07, 6.45) is 0. The van der Waals surface area contributed by atoms with E-state index in [1.165, 1.54) is 0 Å². The predicted molar refractivity (Wildman–Crippen MR) is 87.8 cm³/mol. The molecule has 1 heterocycles. The van der Waals surface area contributed by atoms with Crippen LogP contribution in [0.2, 0.25) is 0 Å². The first-order valence-corrected chi connectivity index (χ1v) is 7.53. The summed E-state index contributed by atoms with van der Waals surface area (Å²) in [6, 6.07) is 1.96. The standard InChI is InChI=1S/C14H22N6O4/c1-11-13(19(4-7-21)3-2-16-24)18-12(10-15)14(17-11)20(5-8-22)6-9-23/h21-23H,2-9H2,1H3. The molecule has 10 nitrogen and oxygen atoms in total. The molecule has 0 aliphatic rings. The zero-order valence-electron chi connectivity index (χ0n) is 13.6. The van der Waals surface area contributed by atoms with Crippen LogP contribution in [-0.2, 0) is 0 Å². The summed E-state index contributed by atoms with van der Waals surface area (Å²) < 4.78 is 0. The average molecular weight is 338 g/mol. The van der Waals surface area contributed by atoms with Crippen molar-refractivity contribution in [2.75, 3.05) is 62.3 Å². The maximum Gasteiger partial charge on any atom is 0.185 e. The molecule has 1 aromatic heterocycles. The van der Waals surface area contributed by atoms with Crippen LogP contribution < -0.4 is 9.80 Å². The van der Waals surface area contributed by atoms with Crippen molar-refractivity contribution >= 4 is 11.6 Å². The van der Waals surface area contributed by atoms with Crippen molar-refractivity contribution in [1.82, 2.24) is 9.97 Å². The highest BCUT2D eigenvalue weighted by atomic mass is 16.3. The molecule has 1 rings (SSSR count). The van der Waals surface area contributed by atoms with Gasteiger partial charge in [-0.3, -0.25) is 0 Å². The lowest BCUT2D eigenvalue weighted by atomic mass is 10.3. The smallest absolute Gasteiger partial charge is 0.185 e. The van der Waals surface area contributed by atoms with Crippen LogP contribution in [0.4, 0.5) is 11.6 Å². The van der Waals surface area contributed by atoms with E-state index in [1.54, 1.807) is 16.7 Å². The lowest BCUT2D eigenvalue weighted by Gasteiger charge is -2.26. The van der Waals surface area contributed by atoms with Crippen molar-refractivity contribution in [2.24, 2.45) is 5.18 Å². The molecule has 0 aliphatic carbocycles. The fourth-order valence-electron chi connectivity index (χ4n) is 2.26. The Balaban J connectivity index is 3.26. The largest absolute Gasteiger partial charge is 0.395 e. The van der Waals surface area contributed by atoms with E-state index in [1.807, 2.05) is 6.07 Å². The number of hydrogen-bond acceptors (Lipinski definition) is 10.